The van der Waals surface area contributed by atoms with E-state index in [0.29, 0.717) is 43.2 Å². The number of rotatable bonds is 9. The lowest BCUT2D eigenvalue weighted by atomic mass is 10.1. The molecular weight excluding hydrogens is 497 g/mol. The summed E-state index contributed by atoms with van der Waals surface area (Å²) in [5.41, 5.74) is 1.78. The third-order valence-corrected chi connectivity index (χ3v) is 6.42. The van der Waals surface area contributed by atoms with Gasteiger partial charge in [0, 0.05) is 65.0 Å². The summed E-state index contributed by atoms with van der Waals surface area (Å²) in [6.45, 7) is 7.12. The molecule has 0 radical (unpaired) electrons. The summed E-state index contributed by atoms with van der Waals surface area (Å²) in [4.78, 5) is 25.7. The Morgan fingerprint density at radius 2 is 1.63 bits per heavy atom. The molecule has 0 unspecified atom stereocenters. The molecule has 1 aromatic heterocycles. The van der Waals surface area contributed by atoms with Gasteiger partial charge in [-0.2, -0.15) is 18.4 Å². The van der Waals surface area contributed by atoms with Crippen molar-refractivity contribution in [2.45, 2.75) is 19.0 Å². The van der Waals surface area contributed by atoms with E-state index < -0.39 is 12.0 Å². The number of aromatic nitrogens is 2. The lowest BCUT2D eigenvalue weighted by Crippen LogP contribution is -2.48. The predicted octanol–water partition coefficient (Wildman–Crippen LogP) is 2.24. The third kappa shape index (κ3) is 8.85. The van der Waals surface area contributed by atoms with Gasteiger partial charge in [-0.1, -0.05) is 12.1 Å². The third-order valence-electron chi connectivity index (χ3n) is 6.42. The second-order valence-electron chi connectivity index (χ2n) is 9.51. The number of piperazine rings is 1. The van der Waals surface area contributed by atoms with Crippen LogP contribution < -0.4 is 15.1 Å². The van der Waals surface area contributed by atoms with Crippen LogP contribution in [0.25, 0.3) is 0 Å². The molecule has 206 valence electrons. The molecule has 2 aliphatic heterocycles. The number of nitriles is 1. The second-order valence-corrected chi connectivity index (χ2v) is 9.51. The fraction of sp³-hybridized carbons (Fsp3) is 0.538. The maximum atomic E-state index is 13.2. The highest BCUT2D eigenvalue weighted by molar-refractivity contribution is 5.52. The van der Waals surface area contributed by atoms with Crippen LogP contribution in [0.15, 0.2) is 30.3 Å². The zero-order valence-electron chi connectivity index (χ0n) is 21.9. The van der Waals surface area contributed by atoms with Crippen molar-refractivity contribution in [1.82, 2.24) is 25.1 Å². The summed E-state index contributed by atoms with van der Waals surface area (Å²) in [5.74, 6) is -0.267. The number of hydrogen-bond acceptors (Lipinski definition) is 8. The van der Waals surface area contributed by atoms with Crippen LogP contribution in [0.5, 0.6) is 0 Å². The minimum Gasteiger partial charge on any atom is -0.358 e. The Morgan fingerprint density at radius 3 is 2.11 bits per heavy atom. The molecule has 0 bridgehead atoms. The average molecular weight is 533 g/mol. The van der Waals surface area contributed by atoms with Crippen LogP contribution in [0.2, 0.25) is 0 Å². The lowest BCUT2D eigenvalue weighted by molar-refractivity contribution is -0.144. The van der Waals surface area contributed by atoms with E-state index in [1.807, 2.05) is 42.1 Å². The molecule has 3 heterocycles. The number of nitrogens with one attached hydrogen (secondary N) is 1. The molecule has 4 rings (SSSR count). The summed E-state index contributed by atoms with van der Waals surface area (Å²) in [7, 11) is 4.07. The predicted molar refractivity (Wildman–Crippen MR) is 140 cm³/mol. The fourth-order valence-electron chi connectivity index (χ4n) is 3.98. The first-order chi connectivity index (χ1) is 18.2. The van der Waals surface area contributed by atoms with Gasteiger partial charge in [-0.3, -0.25) is 9.69 Å². The highest BCUT2D eigenvalue weighted by Gasteiger charge is 2.37. The van der Waals surface area contributed by atoms with Gasteiger partial charge in [-0.05, 0) is 44.6 Å². The van der Waals surface area contributed by atoms with E-state index in [4.69, 9.17) is 5.26 Å². The van der Waals surface area contributed by atoms with Gasteiger partial charge in [0.2, 0.25) is 12.2 Å². The number of hydrogen-bond donors (Lipinski definition) is 1. The Morgan fingerprint density at radius 1 is 1.03 bits per heavy atom. The van der Waals surface area contributed by atoms with E-state index in [1.165, 1.54) is 0 Å². The summed E-state index contributed by atoms with van der Waals surface area (Å²) in [6, 6.07) is 11.1. The van der Waals surface area contributed by atoms with Crippen LogP contribution in [0.3, 0.4) is 0 Å². The first kappa shape index (κ1) is 29.1. The van der Waals surface area contributed by atoms with Gasteiger partial charge in [0.15, 0.2) is 0 Å². The van der Waals surface area contributed by atoms with Crippen molar-refractivity contribution < 1.29 is 18.0 Å². The van der Waals surface area contributed by atoms with E-state index in [-0.39, 0.29) is 0 Å². The van der Waals surface area contributed by atoms with Gasteiger partial charge >= 0.3 is 6.18 Å². The molecule has 0 spiro atoms. The smallest absolute Gasteiger partial charge is 0.358 e. The highest BCUT2D eigenvalue weighted by Crippen LogP contribution is 2.31. The van der Waals surface area contributed by atoms with Crippen LogP contribution in [0.1, 0.15) is 23.4 Å². The fourth-order valence-corrected chi connectivity index (χ4v) is 3.98. The molecule has 0 aliphatic carbocycles. The normalized spacial score (nSPS) is 15.8. The Bertz CT molecular complexity index is 1060. The number of amides is 1. The molecule has 9 nitrogen and oxygen atoms in total. The Balaban J connectivity index is 0.000000260. The summed E-state index contributed by atoms with van der Waals surface area (Å²) < 4.78 is 39.5. The Hall–Kier alpha value is -3.43. The topological polar surface area (TPSA) is 91.6 Å². The van der Waals surface area contributed by atoms with Crippen molar-refractivity contribution in [2.75, 3.05) is 82.8 Å². The van der Waals surface area contributed by atoms with Crippen molar-refractivity contribution >= 4 is 18.0 Å². The Kier molecular flexibility index (Phi) is 10.7. The minimum absolute atomic E-state index is 0.386. The Labute approximate surface area is 221 Å². The molecule has 2 saturated heterocycles. The number of benzene rings is 1. The van der Waals surface area contributed by atoms with Crippen molar-refractivity contribution in [3.05, 3.63) is 47.3 Å². The van der Waals surface area contributed by atoms with Gasteiger partial charge in [0.25, 0.3) is 0 Å². The standard InChI is InChI=1S/C16H25F3N6.C10H10N2O/c1-22(2)6-7-23-8-10-25(11-9-23)14-12-13(24-4-3-5-24)20-15(21-14)16(17,18)19;11-7-10-3-1-9(2-4-10)5-6-12-8-13/h12H,3-11H2,1-2H3;1-4,8H,5-6H2,(H,12,13). The van der Waals surface area contributed by atoms with Crippen LogP contribution in [-0.2, 0) is 17.4 Å². The molecular formula is C26H35F3N8O. The largest absolute Gasteiger partial charge is 0.451 e. The lowest BCUT2D eigenvalue weighted by Gasteiger charge is -2.37. The van der Waals surface area contributed by atoms with Crippen molar-refractivity contribution in [2.24, 2.45) is 0 Å². The number of likely N-dealkylation sites (N-methyl/N-ethyl adjacent to an activating group) is 1. The van der Waals surface area contributed by atoms with Gasteiger partial charge in [-0.15, -0.1) is 0 Å². The minimum atomic E-state index is -4.52. The SMILES string of the molecule is CN(C)CCN1CCN(c2cc(N3CCC3)nc(C(F)(F)F)n2)CC1.N#Cc1ccc(CCNC=O)cc1. The number of carbonyl (C=O) groups excluding carboxylic acids is 1. The average Bonchev–Trinajstić information content (AvgIpc) is 2.87. The zero-order valence-corrected chi connectivity index (χ0v) is 21.9. The summed E-state index contributed by atoms with van der Waals surface area (Å²) in [5, 5.41) is 11.1. The number of halogens is 3. The van der Waals surface area contributed by atoms with Crippen molar-refractivity contribution in [3.63, 3.8) is 0 Å². The van der Waals surface area contributed by atoms with E-state index in [9.17, 15) is 18.0 Å². The molecule has 0 atom stereocenters. The second kappa shape index (κ2) is 13.9. The molecule has 0 saturated carbocycles. The van der Waals surface area contributed by atoms with Gasteiger partial charge in [0.05, 0.1) is 11.6 Å². The molecule has 2 aliphatic rings. The summed E-state index contributed by atoms with van der Waals surface area (Å²) >= 11 is 0. The number of carbonyl (C=O) groups is 1. The molecule has 1 N–H and O–H groups in total. The molecule has 1 aromatic carbocycles. The van der Waals surface area contributed by atoms with Crippen LogP contribution >= 0.6 is 0 Å². The summed E-state index contributed by atoms with van der Waals surface area (Å²) in [6.07, 6.45) is -2.05. The maximum absolute atomic E-state index is 13.2. The zero-order chi connectivity index (χ0) is 27.5. The first-order valence-electron chi connectivity index (χ1n) is 12.7. The van der Waals surface area contributed by atoms with Crippen LogP contribution in [0, 0.1) is 11.3 Å². The van der Waals surface area contributed by atoms with E-state index >= 15 is 0 Å². The number of alkyl halides is 3. The monoisotopic (exact) mass is 532 g/mol. The maximum Gasteiger partial charge on any atom is 0.451 e. The molecule has 2 aromatic rings. The van der Waals surface area contributed by atoms with Gasteiger partial charge < -0.3 is 20.0 Å². The van der Waals surface area contributed by atoms with E-state index in [1.54, 1.807) is 18.2 Å². The van der Waals surface area contributed by atoms with Crippen LogP contribution in [0.4, 0.5) is 24.8 Å². The molecule has 1 amide bonds. The van der Waals surface area contributed by atoms with Gasteiger partial charge in [-0.25, -0.2) is 9.97 Å². The first-order valence-corrected chi connectivity index (χ1v) is 12.7. The quantitative estimate of drug-likeness (QED) is 0.389. The van der Waals surface area contributed by atoms with Crippen molar-refractivity contribution in [3.8, 4) is 6.07 Å². The number of anilines is 2. The van der Waals surface area contributed by atoms with E-state index in [2.05, 4.69) is 25.1 Å². The molecule has 12 heteroatoms. The van der Waals surface area contributed by atoms with E-state index in [0.717, 1.165) is 57.7 Å². The van der Waals surface area contributed by atoms with Crippen molar-refractivity contribution in [1.29, 1.82) is 5.26 Å². The highest BCUT2D eigenvalue weighted by atomic mass is 19.4. The number of nitrogens with zero attached hydrogens (tertiary/aromatic N) is 7. The molecule has 38 heavy (non-hydrogen) atoms. The van der Waals surface area contributed by atoms with Crippen LogP contribution in [-0.4, -0.2) is 99.2 Å². The molecule has 2 fully saturated rings. The van der Waals surface area contributed by atoms with Gasteiger partial charge in [0.1, 0.15) is 11.6 Å².